The van der Waals surface area contributed by atoms with E-state index in [1.807, 2.05) is 6.92 Å². The van der Waals surface area contributed by atoms with Crippen molar-refractivity contribution in [2.75, 3.05) is 24.6 Å². The van der Waals surface area contributed by atoms with E-state index in [2.05, 4.69) is 43.0 Å². The van der Waals surface area contributed by atoms with Gasteiger partial charge in [-0.1, -0.05) is 17.7 Å². The molecule has 1 atom stereocenters. The van der Waals surface area contributed by atoms with Gasteiger partial charge >= 0.3 is 0 Å². The van der Waals surface area contributed by atoms with Crippen molar-refractivity contribution in [2.45, 2.75) is 39.2 Å². The third-order valence-corrected chi connectivity index (χ3v) is 3.32. The number of aliphatic hydroxyl groups is 1. The van der Waals surface area contributed by atoms with Gasteiger partial charge in [-0.15, -0.1) is 0 Å². The van der Waals surface area contributed by atoms with E-state index >= 15 is 0 Å². The fourth-order valence-electron chi connectivity index (χ4n) is 1.98. The largest absolute Gasteiger partial charge is 0.394 e. The molecule has 0 aliphatic rings. The zero-order valence-corrected chi connectivity index (χ0v) is 11.8. The summed E-state index contributed by atoms with van der Waals surface area (Å²) < 4.78 is 0. The summed E-state index contributed by atoms with van der Waals surface area (Å²) in [7, 11) is 0. The standard InChI is InChI=1S/C15H26N2O/c1-4-17(11-5-10-15(3,16)12-18)14-8-6-13(2)7-9-14/h6-9,18H,4-5,10-12,16H2,1-3H3. The van der Waals surface area contributed by atoms with Gasteiger partial charge in [0.05, 0.1) is 6.61 Å². The monoisotopic (exact) mass is 250 g/mol. The molecule has 0 saturated heterocycles. The fourth-order valence-corrected chi connectivity index (χ4v) is 1.98. The van der Waals surface area contributed by atoms with Crippen LogP contribution in [0.5, 0.6) is 0 Å². The minimum Gasteiger partial charge on any atom is -0.394 e. The summed E-state index contributed by atoms with van der Waals surface area (Å²) >= 11 is 0. The van der Waals surface area contributed by atoms with Crippen LogP contribution in [0.4, 0.5) is 5.69 Å². The quantitative estimate of drug-likeness (QED) is 0.781. The van der Waals surface area contributed by atoms with Crippen molar-refractivity contribution in [3.63, 3.8) is 0 Å². The van der Waals surface area contributed by atoms with E-state index in [0.29, 0.717) is 0 Å². The normalized spacial score (nSPS) is 14.3. The van der Waals surface area contributed by atoms with Crippen LogP contribution in [-0.2, 0) is 0 Å². The van der Waals surface area contributed by atoms with Crippen LogP contribution >= 0.6 is 0 Å². The number of hydrogen-bond donors (Lipinski definition) is 2. The third-order valence-electron chi connectivity index (χ3n) is 3.32. The SMILES string of the molecule is CCN(CCCC(C)(N)CO)c1ccc(C)cc1. The van der Waals surface area contributed by atoms with Crippen LogP contribution in [0.3, 0.4) is 0 Å². The zero-order valence-electron chi connectivity index (χ0n) is 11.8. The van der Waals surface area contributed by atoms with Gasteiger partial charge in [-0.25, -0.2) is 0 Å². The Balaban J connectivity index is 2.50. The number of benzene rings is 1. The summed E-state index contributed by atoms with van der Waals surface area (Å²) in [6, 6.07) is 8.59. The van der Waals surface area contributed by atoms with Crippen molar-refractivity contribution in [1.82, 2.24) is 0 Å². The summed E-state index contributed by atoms with van der Waals surface area (Å²) in [5.74, 6) is 0. The van der Waals surface area contributed by atoms with Gasteiger partial charge in [0.25, 0.3) is 0 Å². The van der Waals surface area contributed by atoms with Gasteiger partial charge in [-0.05, 0) is 45.7 Å². The van der Waals surface area contributed by atoms with Crippen molar-refractivity contribution in [2.24, 2.45) is 5.73 Å². The highest BCUT2D eigenvalue weighted by atomic mass is 16.3. The maximum Gasteiger partial charge on any atom is 0.0608 e. The molecule has 3 nitrogen and oxygen atoms in total. The lowest BCUT2D eigenvalue weighted by Crippen LogP contribution is -2.40. The molecule has 3 heteroatoms. The van der Waals surface area contributed by atoms with Gasteiger partial charge in [0.1, 0.15) is 0 Å². The van der Waals surface area contributed by atoms with E-state index in [-0.39, 0.29) is 6.61 Å². The first-order chi connectivity index (χ1) is 8.48. The summed E-state index contributed by atoms with van der Waals surface area (Å²) in [6.07, 6.45) is 1.83. The van der Waals surface area contributed by atoms with Crippen LogP contribution in [0.25, 0.3) is 0 Å². The molecule has 0 bridgehead atoms. The lowest BCUT2D eigenvalue weighted by molar-refractivity contribution is 0.198. The summed E-state index contributed by atoms with van der Waals surface area (Å²) in [4.78, 5) is 2.34. The molecule has 0 radical (unpaired) electrons. The number of anilines is 1. The smallest absolute Gasteiger partial charge is 0.0608 e. The molecule has 1 aromatic carbocycles. The van der Waals surface area contributed by atoms with E-state index < -0.39 is 5.54 Å². The molecular formula is C15H26N2O. The first kappa shape index (κ1) is 15.0. The van der Waals surface area contributed by atoms with Crippen LogP contribution in [0.2, 0.25) is 0 Å². The van der Waals surface area contributed by atoms with Gasteiger partial charge in [-0.2, -0.15) is 0 Å². The molecule has 0 aliphatic heterocycles. The predicted molar refractivity (Wildman–Crippen MR) is 78.0 cm³/mol. The molecule has 102 valence electrons. The Bertz CT molecular complexity index is 346. The number of aryl methyl sites for hydroxylation is 1. The zero-order chi connectivity index (χ0) is 13.6. The van der Waals surface area contributed by atoms with Gasteiger partial charge < -0.3 is 15.7 Å². The number of hydrogen-bond acceptors (Lipinski definition) is 3. The van der Waals surface area contributed by atoms with Crippen molar-refractivity contribution in [1.29, 1.82) is 0 Å². The maximum atomic E-state index is 9.13. The van der Waals surface area contributed by atoms with E-state index in [1.165, 1.54) is 11.3 Å². The predicted octanol–water partition coefficient (Wildman–Crippen LogP) is 2.31. The Labute approximate surface area is 111 Å². The van der Waals surface area contributed by atoms with Crippen LogP contribution in [0.1, 0.15) is 32.3 Å². The Morgan fingerprint density at radius 1 is 1.28 bits per heavy atom. The molecule has 0 heterocycles. The lowest BCUT2D eigenvalue weighted by Gasteiger charge is -2.26. The van der Waals surface area contributed by atoms with Gasteiger partial charge in [-0.3, -0.25) is 0 Å². The van der Waals surface area contributed by atoms with E-state index in [4.69, 9.17) is 10.8 Å². The second-order valence-electron chi connectivity index (χ2n) is 5.33. The maximum absolute atomic E-state index is 9.13. The molecule has 0 fully saturated rings. The molecule has 1 rings (SSSR count). The van der Waals surface area contributed by atoms with Crippen LogP contribution in [-0.4, -0.2) is 30.3 Å². The van der Waals surface area contributed by atoms with E-state index in [1.54, 1.807) is 0 Å². The lowest BCUT2D eigenvalue weighted by atomic mass is 9.98. The Morgan fingerprint density at radius 3 is 2.39 bits per heavy atom. The number of nitrogens with two attached hydrogens (primary N) is 1. The highest BCUT2D eigenvalue weighted by molar-refractivity contribution is 5.47. The highest BCUT2D eigenvalue weighted by Crippen LogP contribution is 2.16. The molecule has 18 heavy (non-hydrogen) atoms. The molecule has 1 unspecified atom stereocenters. The van der Waals surface area contributed by atoms with Gasteiger partial charge in [0.2, 0.25) is 0 Å². The van der Waals surface area contributed by atoms with Crippen LogP contribution in [0, 0.1) is 6.92 Å². The average molecular weight is 250 g/mol. The number of nitrogens with zero attached hydrogens (tertiary/aromatic N) is 1. The first-order valence-electron chi connectivity index (χ1n) is 6.70. The number of rotatable bonds is 7. The van der Waals surface area contributed by atoms with Crippen molar-refractivity contribution in [3.8, 4) is 0 Å². The summed E-state index contributed by atoms with van der Waals surface area (Å²) in [5.41, 5.74) is 8.02. The minimum atomic E-state index is -0.452. The highest BCUT2D eigenvalue weighted by Gasteiger charge is 2.16. The van der Waals surface area contributed by atoms with E-state index in [0.717, 1.165) is 25.9 Å². The molecule has 0 spiro atoms. The Morgan fingerprint density at radius 2 is 1.89 bits per heavy atom. The van der Waals surface area contributed by atoms with E-state index in [9.17, 15) is 0 Å². The second kappa shape index (κ2) is 6.76. The molecule has 0 aliphatic carbocycles. The molecule has 0 aromatic heterocycles. The summed E-state index contributed by atoms with van der Waals surface area (Å²) in [5, 5.41) is 9.13. The van der Waals surface area contributed by atoms with Crippen LogP contribution < -0.4 is 10.6 Å². The molecule has 3 N–H and O–H groups in total. The van der Waals surface area contributed by atoms with Crippen molar-refractivity contribution < 1.29 is 5.11 Å². The third kappa shape index (κ3) is 4.67. The van der Waals surface area contributed by atoms with Crippen LogP contribution in [0.15, 0.2) is 24.3 Å². The molecular weight excluding hydrogens is 224 g/mol. The van der Waals surface area contributed by atoms with Crippen molar-refractivity contribution >= 4 is 5.69 Å². The summed E-state index contributed by atoms with van der Waals surface area (Å²) in [6.45, 7) is 8.17. The van der Waals surface area contributed by atoms with Crippen molar-refractivity contribution in [3.05, 3.63) is 29.8 Å². The average Bonchev–Trinajstić information content (AvgIpc) is 2.36. The topological polar surface area (TPSA) is 49.5 Å². The first-order valence-corrected chi connectivity index (χ1v) is 6.70. The van der Waals surface area contributed by atoms with Gasteiger partial charge in [0.15, 0.2) is 0 Å². The molecule has 1 aromatic rings. The van der Waals surface area contributed by atoms with Gasteiger partial charge in [0, 0.05) is 24.3 Å². The second-order valence-corrected chi connectivity index (χ2v) is 5.33. The molecule has 0 amide bonds. The minimum absolute atomic E-state index is 0.0453. The Kier molecular flexibility index (Phi) is 5.63. The molecule has 0 saturated carbocycles. The fraction of sp³-hybridized carbons (Fsp3) is 0.600. The number of aliphatic hydroxyl groups excluding tert-OH is 1. The Hall–Kier alpha value is -1.06.